The van der Waals surface area contributed by atoms with Crippen molar-refractivity contribution < 1.29 is 8.78 Å². The first-order valence-electron chi connectivity index (χ1n) is 6.05. The minimum Gasteiger partial charge on any atom is -0.370 e. The Bertz CT molecular complexity index is 441. The van der Waals surface area contributed by atoms with E-state index in [2.05, 4.69) is 4.99 Å². The lowest BCUT2D eigenvalue weighted by Crippen LogP contribution is -2.35. The average molecular weight is 381 g/mol. The van der Waals surface area contributed by atoms with Gasteiger partial charge in [0.15, 0.2) is 5.96 Å². The number of nitrogens with two attached hydrogens (primary N) is 1. The van der Waals surface area contributed by atoms with Gasteiger partial charge in [0.2, 0.25) is 0 Å². The lowest BCUT2D eigenvalue weighted by atomic mass is 10.1. The molecule has 0 heterocycles. The maximum atomic E-state index is 13.3. The van der Waals surface area contributed by atoms with Gasteiger partial charge in [-0.15, -0.1) is 24.0 Å². The molecule has 0 aromatic heterocycles. The molecule has 0 radical (unpaired) electrons. The summed E-state index contributed by atoms with van der Waals surface area (Å²) in [7, 11) is 1.89. The molecule has 0 spiro atoms. The summed E-state index contributed by atoms with van der Waals surface area (Å²) in [4.78, 5) is 6.06. The van der Waals surface area contributed by atoms with Gasteiger partial charge in [0.25, 0.3) is 0 Å². The molecule has 0 saturated heterocycles. The Morgan fingerprint density at radius 3 is 2.47 bits per heavy atom. The third kappa shape index (κ3) is 4.29. The van der Waals surface area contributed by atoms with E-state index in [-0.39, 0.29) is 36.0 Å². The second kappa shape index (κ2) is 7.02. The van der Waals surface area contributed by atoms with Crippen LogP contribution in [-0.4, -0.2) is 30.5 Å². The van der Waals surface area contributed by atoms with E-state index in [0.717, 1.165) is 12.8 Å². The van der Waals surface area contributed by atoms with Crippen LogP contribution in [0.2, 0.25) is 0 Å². The molecule has 19 heavy (non-hydrogen) atoms. The molecule has 0 atom stereocenters. The van der Waals surface area contributed by atoms with Gasteiger partial charge in [-0.1, -0.05) is 6.07 Å². The quantitative estimate of drug-likeness (QED) is 0.495. The maximum Gasteiger partial charge on any atom is 0.191 e. The van der Waals surface area contributed by atoms with Crippen molar-refractivity contribution in [2.45, 2.75) is 25.3 Å². The molecule has 0 bridgehead atoms. The highest BCUT2D eigenvalue weighted by Crippen LogP contribution is 2.24. The average Bonchev–Trinajstić information content (AvgIpc) is 3.16. The van der Waals surface area contributed by atoms with Gasteiger partial charge in [0.05, 0.1) is 0 Å². The molecule has 1 saturated carbocycles. The Morgan fingerprint density at radius 2 is 1.95 bits per heavy atom. The van der Waals surface area contributed by atoms with Gasteiger partial charge < -0.3 is 10.6 Å². The highest BCUT2D eigenvalue weighted by atomic mass is 127. The van der Waals surface area contributed by atoms with E-state index in [0.29, 0.717) is 18.5 Å². The summed E-state index contributed by atoms with van der Waals surface area (Å²) in [5, 5.41) is 0. The number of rotatable bonds is 4. The molecule has 6 heteroatoms. The van der Waals surface area contributed by atoms with Gasteiger partial charge in [0.1, 0.15) is 11.6 Å². The van der Waals surface area contributed by atoms with Gasteiger partial charge in [-0.25, -0.2) is 8.78 Å². The summed E-state index contributed by atoms with van der Waals surface area (Å²) in [5.74, 6) is -0.618. The van der Waals surface area contributed by atoms with Crippen molar-refractivity contribution >= 4 is 29.9 Å². The van der Waals surface area contributed by atoms with Gasteiger partial charge >= 0.3 is 0 Å². The van der Waals surface area contributed by atoms with Crippen LogP contribution in [0.5, 0.6) is 0 Å². The second-order valence-electron chi connectivity index (χ2n) is 4.53. The van der Waals surface area contributed by atoms with Crippen molar-refractivity contribution in [1.29, 1.82) is 0 Å². The molecule has 1 aliphatic rings. The number of guanidine groups is 1. The third-order valence-electron chi connectivity index (χ3n) is 3.15. The summed E-state index contributed by atoms with van der Waals surface area (Å²) in [6.07, 6.45) is 2.49. The van der Waals surface area contributed by atoms with Gasteiger partial charge in [-0.3, -0.25) is 4.99 Å². The zero-order chi connectivity index (χ0) is 13.1. The normalized spacial score (nSPS) is 15.0. The lowest BCUT2D eigenvalue weighted by Gasteiger charge is -2.16. The van der Waals surface area contributed by atoms with Gasteiger partial charge in [-0.05, 0) is 31.4 Å². The molecule has 2 rings (SSSR count). The van der Waals surface area contributed by atoms with E-state index in [1.807, 2.05) is 11.9 Å². The zero-order valence-electron chi connectivity index (χ0n) is 10.8. The number of hydrogen-bond acceptors (Lipinski definition) is 1. The van der Waals surface area contributed by atoms with Crippen LogP contribution in [0.15, 0.2) is 23.2 Å². The van der Waals surface area contributed by atoms with Crippen LogP contribution in [0.3, 0.4) is 0 Å². The van der Waals surface area contributed by atoms with Crippen LogP contribution in [-0.2, 0) is 6.42 Å². The molecule has 2 N–H and O–H groups in total. The fourth-order valence-electron chi connectivity index (χ4n) is 1.81. The Balaban J connectivity index is 0.00000180. The first-order chi connectivity index (χ1) is 8.59. The predicted octanol–water partition coefficient (Wildman–Crippen LogP) is 2.53. The van der Waals surface area contributed by atoms with Crippen molar-refractivity contribution in [3.63, 3.8) is 0 Å². The van der Waals surface area contributed by atoms with Crippen LogP contribution in [0.1, 0.15) is 18.4 Å². The van der Waals surface area contributed by atoms with Crippen molar-refractivity contribution in [2.24, 2.45) is 10.7 Å². The van der Waals surface area contributed by atoms with Crippen molar-refractivity contribution in [2.75, 3.05) is 13.6 Å². The van der Waals surface area contributed by atoms with Gasteiger partial charge in [-0.2, -0.15) is 0 Å². The van der Waals surface area contributed by atoms with Crippen LogP contribution in [0, 0.1) is 11.6 Å². The molecule has 0 aliphatic heterocycles. The van der Waals surface area contributed by atoms with Crippen molar-refractivity contribution in [3.05, 3.63) is 35.4 Å². The SMILES string of the molecule is CN(C(N)=NCCc1c(F)cccc1F)C1CC1.I. The van der Waals surface area contributed by atoms with Crippen molar-refractivity contribution in [1.82, 2.24) is 4.90 Å². The zero-order valence-corrected chi connectivity index (χ0v) is 13.1. The smallest absolute Gasteiger partial charge is 0.191 e. The Morgan fingerprint density at radius 1 is 1.37 bits per heavy atom. The summed E-state index contributed by atoms with van der Waals surface area (Å²) in [6.45, 7) is 0.292. The molecular weight excluding hydrogens is 363 g/mol. The Hall–Kier alpha value is -0.920. The summed E-state index contributed by atoms with van der Waals surface area (Å²) in [6, 6.07) is 4.34. The molecule has 1 fully saturated rings. The Labute approximate surface area is 128 Å². The molecule has 106 valence electrons. The molecule has 0 unspecified atom stereocenters. The fraction of sp³-hybridized carbons (Fsp3) is 0.462. The van der Waals surface area contributed by atoms with E-state index in [4.69, 9.17) is 5.73 Å². The summed E-state index contributed by atoms with van der Waals surface area (Å²) >= 11 is 0. The molecule has 1 aliphatic carbocycles. The van der Waals surface area contributed by atoms with Crippen LogP contribution < -0.4 is 5.73 Å². The molecule has 1 aromatic rings. The third-order valence-corrected chi connectivity index (χ3v) is 3.15. The highest BCUT2D eigenvalue weighted by Gasteiger charge is 2.27. The first-order valence-corrected chi connectivity index (χ1v) is 6.05. The summed E-state index contributed by atoms with van der Waals surface area (Å²) < 4.78 is 26.7. The van der Waals surface area contributed by atoms with Crippen LogP contribution in [0.25, 0.3) is 0 Å². The lowest BCUT2D eigenvalue weighted by molar-refractivity contribution is 0.487. The van der Waals surface area contributed by atoms with Crippen LogP contribution in [0.4, 0.5) is 8.78 Å². The molecular formula is C13H18F2IN3. The van der Waals surface area contributed by atoms with E-state index < -0.39 is 11.6 Å². The first kappa shape index (κ1) is 16.1. The fourth-order valence-corrected chi connectivity index (χ4v) is 1.81. The van der Waals surface area contributed by atoms with Crippen molar-refractivity contribution in [3.8, 4) is 0 Å². The van der Waals surface area contributed by atoms with E-state index >= 15 is 0 Å². The number of hydrogen-bond donors (Lipinski definition) is 1. The standard InChI is InChI=1S/C13H17F2N3.HI/c1-18(9-5-6-9)13(16)17-8-7-10-11(14)3-2-4-12(10)15;/h2-4,9H,5-8H2,1H3,(H2,16,17);1H. The molecule has 3 nitrogen and oxygen atoms in total. The highest BCUT2D eigenvalue weighted by molar-refractivity contribution is 14.0. The largest absolute Gasteiger partial charge is 0.370 e. The van der Waals surface area contributed by atoms with E-state index in [9.17, 15) is 8.78 Å². The molecule has 1 aromatic carbocycles. The van der Waals surface area contributed by atoms with E-state index in [1.165, 1.54) is 18.2 Å². The summed E-state index contributed by atoms with van der Waals surface area (Å²) in [5.41, 5.74) is 5.86. The second-order valence-corrected chi connectivity index (χ2v) is 4.53. The minimum absolute atomic E-state index is 0. The number of aliphatic imine (C=N–C) groups is 1. The predicted molar refractivity (Wildman–Crippen MR) is 82.8 cm³/mol. The number of nitrogens with zero attached hydrogens (tertiary/aromatic N) is 2. The van der Waals surface area contributed by atoms with Gasteiger partial charge in [0, 0.05) is 25.2 Å². The van der Waals surface area contributed by atoms with E-state index in [1.54, 1.807) is 0 Å². The number of benzene rings is 1. The Kier molecular flexibility index (Phi) is 5.96. The molecule has 0 amide bonds. The van der Waals surface area contributed by atoms with Crippen LogP contribution >= 0.6 is 24.0 Å². The topological polar surface area (TPSA) is 41.6 Å². The number of halogens is 3. The monoisotopic (exact) mass is 381 g/mol. The maximum absolute atomic E-state index is 13.3. The minimum atomic E-state index is -0.528.